The molecule has 0 saturated carbocycles. The summed E-state index contributed by atoms with van der Waals surface area (Å²) in [7, 11) is 0. The van der Waals surface area contributed by atoms with Gasteiger partial charge in [-0.25, -0.2) is 0 Å². The van der Waals surface area contributed by atoms with Gasteiger partial charge in [-0.2, -0.15) is 11.3 Å². The highest BCUT2D eigenvalue weighted by Gasteiger charge is 2.10. The average molecular weight is 262 g/mol. The molecule has 0 amide bonds. The second kappa shape index (κ2) is 6.57. The fraction of sp³-hybridized carbons (Fsp3) is 0.333. The number of thiophene rings is 1. The Morgan fingerprint density at radius 1 is 1.28 bits per heavy atom. The van der Waals surface area contributed by atoms with Crippen molar-refractivity contribution in [2.75, 3.05) is 6.61 Å². The van der Waals surface area contributed by atoms with Gasteiger partial charge in [-0.15, -0.1) is 0 Å². The van der Waals surface area contributed by atoms with Crippen molar-refractivity contribution >= 4 is 11.3 Å². The van der Waals surface area contributed by atoms with Crippen LogP contribution in [0.4, 0.5) is 0 Å². The van der Waals surface area contributed by atoms with Crippen LogP contribution in [0.1, 0.15) is 30.6 Å². The first-order valence-corrected chi connectivity index (χ1v) is 7.16. The van der Waals surface area contributed by atoms with E-state index in [9.17, 15) is 5.11 Å². The molecule has 1 heterocycles. The summed E-state index contributed by atoms with van der Waals surface area (Å²) < 4.78 is 5.78. The van der Waals surface area contributed by atoms with Gasteiger partial charge in [0.05, 0.1) is 12.7 Å². The van der Waals surface area contributed by atoms with Crippen LogP contribution >= 0.6 is 11.3 Å². The van der Waals surface area contributed by atoms with Gasteiger partial charge in [0.25, 0.3) is 0 Å². The fourth-order valence-corrected chi connectivity index (χ4v) is 2.52. The Kier molecular flexibility index (Phi) is 4.79. The predicted molar refractivity (Wildman–Crippen MR) is 75.2 cm³/mol. The highest BCUT2D eigenvalue weighted by atomic mass is 32.1. The van der Waals surface area contributed by atoms with E-state index in [2.05, 4.69) is 16.8 Å². The lowest BCUT2D eigenvalue weighted by molar-refractivity contribution is 0.167. The number of rotatable bonds is 6. The quantitative estimate of drug-likeness (QED) is 0.857. The van der Waals surface area contributed by atoms with Crippen molar-refractivity contribution in [1.29, 1.82) is 0 Å². The lowest BCUT2D eigenvalue weighted by Gasteiger charge is -2.14. The van der Waals surface area contributed by atoms with Crippen molar-refractivity contribution in [3.63, 3.8) is 0 Å². The van der Waals surface area contributed by atoms with Gasteiger partial charge >= 0.3 is 0 Å². The molecule has 2 aromatic rings. The molecule has 1 atom stereocenters. The molecule has 0 saturated heterocycles. The predicted octanol–water partition coefficient (Wildman–Crippen LogP) is 3.81. The van der Waals surface area contributed by atoms with Gasteiger partial charge in [0, 0.05) is 12.0 Å². The molecular formula is C15H18O2S. The maximum Gasteiger partial charge on any atom is 0.125 e. The highest BCUT2D eigenvalue weighted by molar-refractivity contribution is 7.07. The van der Waals surface area contributed by atoms with E-state index >= 15 is 0 Å². The van der Waals surface area contributed by atoms with Crippen LogP contribution in [-0.4, -0.2) is 11.7 Å². The second-order valence-electron chi connectivity index (χ2n) is 4.19. The number of ether oxygens (including phenoxy) is 1. The molecule has 96 valence electrons. The summed E-state index contributed by atoms with van der Waals surface area (Å²) in [6.45, 7) is 2.61. The van der Waals surface area contributed by atoms with Crippen molar-refractivity contribution in [3.8, 4) is 5.75 Å². The molecule has 0 fully saturated rings. The SMILES string of the molecule is CCC(O)c1ccccc1OCCc1ccsc1. The molecule has 1 aromatic heterocycles. The summed E-state index contributed by atoms with van der Waals surface area (Å²) in [5, 5.41) is 14.1. The first kappa shape index (κ1) is 13.1. The van der Waals surface area contributed by atoms with Gasteiger partial charge in [-0.3, -0.25) is 0 Å². The van der Waals surface area contributed by atoms with Crippen LogP contribution in [-0.2, 0) is 6.42 Å². The summed E-state index contributed by atoms with van der Waals surface area (Å²) in [5.41, 5.74) is 2.18. The molecular weight excluding hydrogens is 244 g/mol. The largest absolute Gasteiger partial charge is 0.493 e. The molecule has 0 radical (unpaired) electrons. The third kappa shape index (κ3) is 3.34. The number of hydrogen-bond donors (Lipinski definition) is 1. The number of benzene rings is 1. The van der Waals surface area contributed by atoms with Crippen molar-refractivity contribution in [1.82, 2.24) is 0 Å². The Morgan fingerprint density at radius 2 is 2.11 bits per heavy atom. The third-order valence-electron chi connectivity index (χ3n) is 2.89. The summed E-state index contributed by atoms with van der Waals surface area (Å²) in [6.07, 6.45) is 1.16. The van der Waals surface area contributed by atoms with Crippen LogP contribution < -0.4 is 4.74 Å². The molecule has 1 aromatic carbocycles. The second-order valence-corrected chi connectivity index (χ2v) is 4.97. The zero-order valence-electron chi connectivity index (χ0n) is 10.5. The lowest BCUT2D eigenvalue weighted by Crippen LogP contribution is -2.05. The minimum atomic E-state index is -0.442. The minimum Gasteiger partial charge on any atom is -0.493 e. The molecule has 0 aliphatic heterocycles. The molecule has 2 rings (SSSR count). The summed E-state index contributed by atoms with van der Waals surface area (Å²) in [6, 6.07) is 9.82. The van der Waals surface area contributed by atoms with Crippen LogP contribution in [0.3, 0.4) is 0 Å². The van der Waals surface area contributed by atoms with Crippen molar-refractivity contribution < 1.29 is 9.84 Å². The van der Waals surface area contributed by atoms with Crippen LogP contribution in [0.25, 0.3) is 0 Å². The topological polar surface area (TPSA) is 29.5 Å². The summed E-state index contributed by atoms with van der Waals surface area (Å²) in [4.78, 5) is 0. The van der Waals surface area contributed by atoms with Crippen molar-refractivity contribution in [3.05, 3.63) is 52.2 Å². The third-order valence-corrected chi connectivity index (χ3v) is 3.63. The Hall–Kier alpha value is -1.32. The zero-order valence-corrected chi connectivity index (χ0v) is 11.3. The Balaban J connectivity index is 1.96. The van der Waals surface area contributed by atoms with Gasteiger partial charge < -0.3 is 9.84 Å². The Labute approximate surface area is 112 Å². The van der Waals surface area contributed by atoms with Gasteiger partial charge in [0.2, 0.25) is 0 Å². The highest BCUT2D eigenvalue weighted by Crippen LogP contribution is 2.26. The molecule has 2 nitrogen and oxygen atoms in total. The van der Waals surface area contributed by atoms with Gasteiger partial charge in [-0.05, 0) is 34.9 Å². The van der Waals surface area contributed by atoms with E-state index in [0.717, 1.165) is 17.7 Å². The van der Waals surface area contributed by atoms with E-state index in [1.54, 1.807) is 11.3 Å². The van der Waals surface area contributed by atoms with E-state index in [0.29, 0.717) is 13.0 Å². The molecule has 0 aliphatic rings. The molecule has 3 heteroatoms. The first-order valence-electron chi connectivity index (χ1n) is 6.22. The van der Waals surface area contributed by atoms with E-state index < -0.39 is 6.10 Å². The van der Waals surface area contributed by atoms with E-state index in [4.69, 9.17) is 4.74 Å². The van der Waals surface area contributed by atoms with Gasteiger partial charge in [-0.1, -0.05) is 25.1 Å². The first-order chi connectivity index (χ1) is 8.81. The molecule has 18 heavy (non-hydrogen) atoms. The van der Waals surface area contributed by atoms with Crippen molar-refractivity contribution in [2.45, 2.75) is 25.9 Å². The summed E-state index contributed by atoms with van der Waals surface area (Å²) in [5.74, 6) is 0.794. The maximum atomic E-state index is 9.92. The summed E-state index contributed by atoms with van der Waals surface area (Å²) >= 11 is 1.70. The Morgan fingerprint density at radius 3 is 2.83 bits per heavy atom. The van der Waals surface area contributed by atoms with E-state index in [1.165, 1.54) is 5.56 Å². The average Bonchev–Trinajstić information content (AvgIpc) is 2.92. The fourth-order valence-electron chi connectivity index (χ4n) is 1.82. The lowest BCUT2D eigenvalue weighted by atomic mass is 10.1. The maximum absolute atomic E-state index is 9.92. The van der Waals surface area contributed by atoms with Crippen LogP contribution in [0, 0.1) is 0 Å². The molecule has 0 bridgehead atoms. The normalized spacial score (nSPS) is 12.3. The van der Waals surface area contributed by atoms with Gasteiger partial charge in [0.15, 0.2) is 0 Å². The Bertz CT molecular complexity index is 465. The van der Waals surface area contributed by atoms with E-state index in [-0.39, 0.29) is 0 Å². The number of hydrogen-bond acceptors (Lipinski definition) is 3. The number of aliphatic hydroxyl groups is 1. The van der Waals surface area contributed by atoms with E-state index in [1.807, 2.05) is 31.2 Å². The van der Waals surface area contributed by atoms with Crippen molar-refractivity contribution in [2.24, 2.45) is 0 Å². The number of aliphatic hydroxyl groups excluding tert-OH is 1. The van der Waals surface area contributed by atoms with Crippen LogP contribution in [0.5, 0.6) is 5.75 Å². The van der Waals surface area contributed by atoms with Gasteiger partial charge in [0.1, 0.15) is 5.75 Å². The standard InChI is InChI=1S/C15H18O2S/c1-2-14(16)13-5-3-4-6-15(13)17-9-7-12-8-10-18-11-12/h3-6,8,10-11,14,16H,2,7,9H2,1H3. The molecule has 1 N–H and O–H groups in total. The minimum absolute atomic E-state index is 0.442. The van der Waals surface area contributed by atoms with Crippen LogP contribution in [0.15, 0.2) is 41.1 Å². The molecule has 0 aliphatic carbocycles. The zero-order chi connectivity index (χ0) is 12.8. The smallest absolute Gasteiger partial charge is 0.125 e. The number of para-hydroxylation sites is 1. The molecule has 1 unspecified atom stereocenters. The monoisotopic (exact) mass is 262 g/mol. The molecule has 0 spiro atoms. The van der Waals surface area contributed by atoms with Crippen LogP contribution in [0.2, 0.25) is 0 Å².